The number of aryl methyl sites for hydroxylation is 1. The molecule has 0 bridgehead atoms. The molecule has 1 aromatic carbocycles. The van der Waals surface area contributed by atoms with Gasteiger partial charge in [-0.05, 0) is 52.4 Å². The van der Waals surface area contributed by atoms with Crippen LogP contribution in [-0.4, -0.2) is 61.7 Å². The van der Waals surface area contributed by atoms with E-state index in [1.54, 1.807) is 32.2 Å². The first-order chi connectivity index (χ1) is 19.6. The van der Waals surface area contributed by atoms with Crippen LogP contribution in [0.2, 0.25) is 5.02 Å². The Balaban J connectivity index is 1.62. The molecule has 2 aliphatic heterocycles. The molecule has 2 aromatic heterocycles. The summed E-state index contributed by atoms with van der Waals surface area (Å²) >= 11 is 6.64. The van der Waals surface area contributed by atoms with Crippen molar-refractivity contribution < 1.29 is 14.9 Å². The van der Waals surface area contributed by atoms with Crippen molar-refractivity contribution in [3.63, 3.8) is 0 Å². The zero-order chi connectivity index (χ0) is 29.4. The summed E-state index contributed by atoms with van der Waals surface area (Å²) in [4.78, 5) is 29.0. The Morgan fingerprint density at radius 1 is 1.24 bits per heavy atom. The van der Waals surface area contributed by atoms with E-state index in [1.165, 1.54) is 6.92 Å². The molecule has 1 atom stereocenters. The predicted octanol–water partition coefficient (Wildman–Crippen LogP) is 3.42. The lowest BCUT2D eigenvalue weighted by atomic mass is 10.0. The number of aliphatic hydroxyl groups is 2. The number of aliphatic hydroxyl groups excluding tert-OH is 2. The number of ether oxygens (including phenoxy) is 1. The van der Waals surface area contributed by atoms with Crippen LogP contribution in [0.3, 0.4) is 0 Å². The molecule has 2 aliphatic rings. The van der Waals surface area contributed by atoms with Crippen LogP contribution in [0.25, 0.3) is 17.0 Å². The third kappa shape index (κ3) is 5.57. The second-order valence-electron chi connectivity index (χ2n) is 10.5. The molecule has 11 nitrogen and oxygen atoms in total. The van der Waals surface area contributed by atoms with E-state index in [2.05, 4.69) is 14.9 Å². The molecule has 3 aromatic rings. The lowest BCUT2D eigenvalue weighted by Gasteiger charge is -2.23. The number of nitrogens with zero attached hydrogens (tertiary/aromatic N) is 5. The molecular formula is C29H34ClN7O4. The highest BCUT2D eigenvalue weighted by atomic mass is 35.5. The van der Waals surface area contributed by atoms with Gasteiger partial charge in [0, 0.05) is 42.0 Å². The summed E-state index contributed by atoms with van der Waals surface area (Å²) in [6, 6.07) is 5.09. The minimum Gasteiger partial charge on any atom is -0.512 e. The lowest BCUT2D eigenvalue weighted by molar-refractivity contribution is 0.108. The maximum atomic E-state index is 12.9. The fourth-order valence-electron chi connectivity index (χ4n) is 5.50. The Hall–Kier alpha value is -3.80. The third-order valence-corrected chi connectivity index (χ3v) is 7.73. The van der Waals surface area contributed by atoms with Crippen molar-refractivity contribution in [2.45, 2.75) is 59.4 Å². The largest absolute Gasteiger partial charge is 0.512 e. The molecule has 12 heteroatoms. The van der Waals surface area contributed by atoms with Crippen molar-refractivity contribution >= 4 is 28.7 Å². The molecule has 0 unspecified atom stereocenters. The summed E-state index contributed by atoms with van der Waals surface area (Å²) in [5, 5.41) is 32.3. The van der Waals surface area contributed by atoms with E-state index in [4.69, 9.17) is 31.7 Å². The summed E-state index contributed by atoms with van der Waals surface area (Å²) in [6.07, 6.45) is 1.05. The SMILES string of the molecule is CNC[C@@H](O)COc1ccc(Cl)c(-c2nc(/C(C(C)=N)=C(\C)O)c(C)c(N3Cc4c(n5c(nc4=O)CCC5)C3)n2)c1. The van der Waals surface area contributed by atoms with Crippen LogP contribution in [0.5, 0.6) is 5.75 Å². The maximum Gasteiger partial charge on any atom is 0.278 e. The highest BCUT2D eigenvalue weighted by Crippen LogP contribution is 2.37. The molecule has 0 fully saturated rings. The molecule has 0 radical (unpaired) electrons. The zero-order valence-electron chi connectivity index (χ0n) is 23.6. The van der Waals surface area contributed by atoms with Gasteiger partial charge in [0.2, 0.25) is 0 Å². The van der Waals surface area contributed by atoms with Crippen molar-refractivity contribution in [1.29, 1.82) is 5.41 Å². The molecule has 0 amide bonds. The van der Waals surface area contributed by atoms with Crippen LogP contribution in [0.15, 0.2) is 28.8 Å². The van der Waals surface area contributed by atoms with Gasteiger partial charge in [0.05, 0.1) is 34.9 Å². The van der Waals surface area contributed by atoms with Gasteiger partial charge in [-0.25, -0.2) is 9.97 Å². The molecule has 4 heterocycles. The first-order valence-electron chi connectivity index (χ1n) is 13.5. The Morgan fingerprint density at radius 2 is 2.02 bits per heavy atom. The summed E-state index contributed by atoms with van der Waals surface area (Å²) in [6.45, 7) is 7.05. The summed E-state index contributed by atoms with van der Waals surface area (Å²) in [7, 11) is 1.75. The number of benzene rings is 1. The van der Waals surface area contributed by atoms with Crippen molar-refractivity contribution in [2.75, 3.05) is 25.1 Å². The highest BCUT2D eigenvalue weighted by Gasteiger charge is 2.32. The molecule has 216 valence electrons. The molecule has 0 saturated carbocycles. The number of allylic oxidation sites excluding steroid dienone is 2. The van der Waals surface area contributed by atoms with Gasteiger partial charge in [-0.2, -0.15) is 4.98 Å². The van der Waals surface area contributed by atoms with Gasteiger partial charge < -0.3 is 35.1 Å². The second-order valence-corrected chi connectivity index (χ2v) is 10.9. The molecular weight excluding hydrogens is 546 g/mol. The van der Waals surface area contributed by atoms with Crippen molar-refractivity contribution in [1.82, 2.24) is 24.8 Å². The monoisotopic (exact) mass is 579 g/mol. The van der Waals surface area contributed by atoms with E-state index < -0.39 is 6.10 Å². The molecule has 0 saturated heterocycles. The van der Waals surface area contributed by atoms with Crippen LogP contribution < -0.4 is 20.5 Å². The van der Waals surface area contributed by atoms with Crippen LogP contribution in [0.4, 0.5) is 5.82 Å². The van der Waals surface area contributed by atoms with E-state index in [0.717, 1.165) is 30.9 Å². The number of nitrogens with one attached hydrogen (secondary N) is 2. The van der Waals surface area contributed by atoms with E-state index in [1.807, 2.05) is 11.8 Å². The fraction of sp³-hybridized carbons (Fsp3) is 0.414. The van der Waals surface area contributed by atoms with Gasteiger partial charge >= 0.3 is 0 Å². The van der Waals surface area contributed by atoms with E-state index in [0.29, 0.717) is 64.2 Å². The van der Waals surface area contributed by atoms with E-state index in [9.17, 15) is 15.0 Å². The van der Waals surface area contributed by atoms with Gasteiger partial charge in [-0.15, -0.1) is 0 Å². The number of halogens is 1. The quantitative estimate of drug-likeness (QED) is 0.221. The number of hydrogen-bond acceptors (Lipinski definition) is 10. The van der Waals surface area contributed by atoms with Crippen molar-refractivity contribution in [3.05, 3.63) is 67.7 Å². The number of hydrogen-bond donors (Lipinski definition) is 4. The Bertz CT molecular complexity index is 1610. The average Bonchev–Trinajstić information content (AvgIpc) is 3.57. The first-order valence-corrected chi connectivity index (χ1v) is 13.9. The number of likely N-dealkylation sites (N-methyl/N-ethyl adjacent to an activating group) is 1. The van der Waals surface area contributed by atoms with Crippen LogP contribution in [0, 0.1) is 12.3 Å². The van der Waals surface area contributed by atoms with Gasteiger partial charge in [0.15, 0.2) is 5.82 Å². The molecule has 0 spiro atoms. The van der Waals surface area contributed by atoms with Crippen LogP contribution in [-0.2, 0) is 26.1 Å². The third-order valence-electron chi connectivity index (χ3n) is 7.40. The second kappa shape index (κ2) is 11.6. The molecule has 5 rings (SSSR count). The van der Waals surface area contributed by atoms with Crippen LogP contribution in [0.1, 0.15) is 48.6 Å². The number of aromatic nitrogens is 4. The van der Waals surface area contributed by atoms with Gasteiger partial charge in [0.25, 0.3) is 5.56 Å². The van der Waals surface area contributed by atoms with Crippen molar-refractivity contribution in [2.24, 2.45) is 0 Å². The summed E-state index contributed by atoms with van der Waals surface area (Å²) in [5.41, 5.74) is 3.39. The Kier molecular flexibility index (Phi) is 8.12. The highest BCUT2D eigenvalue weighted by molar-refractivity contribution is 6.33. The first kappa shape index (κ1) is 28.7. The lowest BCUT2D eigenvalue weighted by Crippen LogP contribution is -2.29. The Morgan fingerprint density at radius 3 is 2.73 bits per heavy atom. The van der Waals surface area contributed by atoms with Gasteiger partial charge in [-0.3, -0.25) is 4.79 Å². The normalized spacial score (nSPS) is 15.4. The van der Waals surface area contributed by atoms with Gasteiger partial charge in [0.1, 0.15) is 35.9 Å². The van der Waals surface area contributed by atoms with Crippen molar-refractivity contribution in [3.8, 4) is 17.1 Å². The maximum absolute atomic E-state index is 12.9. The van der Waals surface area contributed by atoms with E-state index >= 15 is 0 Å². The smallest absolute Gasteiger partial charge is 0.278 e. The average molecular weight is 580 g/mol. The Labute approximate surface area is 243 Å². The minimum atomic E-state index is -0.694. The molecule has 4 N–H and O–H groups in total. The molecule has 0 aliphatic carbocycles. The van der Waals surface area contributed by atoms with E-state index in [-0.39, 0.29) is 29.5 Å². The fourth-order valence-corrected chi connectivity index (χ4v) is 5.71. The number of rotatable bonds is 9. The standard InChI is InChI=1S/C29H34ClN7O4/c1-15-26(25(16(2)31)17(3)38)34-27(20-10-19(7-8-22(20)30)41-14-18(39)11-32-4)35-28(15)36-12-21-23(13-36)37-9-5-6-24(37)33-29(21)40/h7-8,10,18,31-32,38-39H,5-6,9,11-14H2,1-4H3/b25-17+,31-16?/t18-/m1/s1. The number of fused-ring (bicyclic) bond motifs is 3. The number of anilines is 1. The molecule has 41 heavy (non-hydrogen) atoms. The topological polar surface area (TPSA) is 149 Å². The predicted molar refractivity (Wildman–Crippen MR) is 158 cm³/mol. The zero-order valence-corrected chi connectivity index (χ0v) is 24.3. The summed E-state index contributed by atoms with van der Waals surface area (Å²) in [5.74, 6) is 2.11. The van der Waals surface area contributed by atoms with Gasteiger partial charge in [-0.1, -0.05) is 11.6 Å². The summed E-state index contributed by atoms with van der Waals surface area (Å²) < 4.78 is 7.94. The van der Waals surface area contributed by atoms with Crippen LogP contribution >= 0.6 is 11.6 Å². The minimum absolute atomic E-state index is 0.0398.